The third-order valence-electron chi connectivity index (χ3n) is 3.11. The number of hydrogen-bond acceptors (Lipinski definition) is 3. The predicted octanol–water partition coefficient (Wildman–Crippen LogP) is 1.29. The minimum atomic E-state index is -0.966. The van der Waals surface area contributed by atoms with Gasteiger partial charge < -0.3 is 11.1 Å². The van der Waals surface area contributed by atoms with E-state index in [4.69, 9.17) is 18.0 Å². The van der Waals surface area contributed by atoms with E-state index < -0.39 is 17.4 Å². The number of halogens is 1. The maximum absolute atomic E-state index is 13.9. The van der Waals surface area contributed by atoms with Gasteiger partial charge in [-0.3, -0.25) is 9.69 Å². The number of rotatable bonds is 3. The minimum absolute atomic E-state index is 0.0894. The van der Waals surface area contributed by atoms with Crippen LogP contribution in [0, 0.1) is 5.82 Å². The summed E-state index contributed by atoms with van der Waals surface area (Å²) >= 11 is 4.76. The van der Waals surface area contributed by atoms with E-state index in [1.807, 2.05) is 0 Å². The van der Waals surface area contributed by atoms with E-state index in [1.165, 1.54) is 12.1 Å². The first kappa shape index (κ1) is 14.4. The summed E-state index contributed by atoms with van der Waals surface area (Å²) in [5.41, 5.74) is 5.08. The number of thiocarbonyl (C=S) groups is 1. The number of imide groups is 1. The van der Waals surface area contributed by atoms with Crippen LogP contribution in [0.3, 0.4) is 0 Å². The van der Waals surface area contributed by atoms with Crippen molar-refractivity contribution in [2.75, 3.05) is 0 Å². The third-order valence-corrected chi connectivity index (χ3v) is 3.35. The Morgan fingerprint density at radius 1 is 1.45 bits per heavy atom. The normalized spacial score (nSPS) is 17.2. The third kappa shape index (κ3) is 2.49. The second-order valence-electron chi connectivity index (χ2n) is 5.12. The number of nitrogens with two attached hydrogens (primary N) is 1. The summed E-state index contributed by atoms with van der Waals surface area (Å²) in [5.74, 6) is -0.944. The van der Waals surface area contributed by atoms with Crippen molar-refractivity contribution < 1.29 is 14.0 Å². The van der Waals surface area contributed by atoms with Gasteiger partial charge in [-0.25, -0.2) is 9.18 Å². The van der Waals surface area contributed by atoms with Gasteiger partial charge in [-0.1, -0.05) is 24.4 Å². The number of carbonyl (C=O) groups excluding carboxylic acids is 2. The quantitative estimate of drug-likeness (QED) is 0.651. The van der Waals surface area contributed by atoms with Gasteiger partial charge in [0.15, 0.2) is 0 Å². The molecule has 0 saturated carbocycles. The lowest BCUT2D eigenvalue weighted by atomic mass is 10.1. The van der Waals surface area contributed by atoms with E-state index in [0.717, 1.165) is 4.90 Å². The molecular weight excluding hydrogens is 281 g/mol. The number of carbonyl (C=O) groups is 2. The molecule has 0 bridgehead atoms. The van der Waals surface area contributed by atoms with Gasteiger partial charge in [-0.05, 0) is 19.9 Å². The van der Waals surface area contributed by atoms with E-state index >= 15 is 0 Å². The zero-order valence-corrected chi connectivity index (χ0v) is 11.9. The number of benzene rings is 1. The average molecular weight is 295 g/mol. The lowest BCUT2D eigenvalue weighted by Gasteiger charge is -2.16. The fraction of sp³-hybridized carbons (Fsp3) is 0.308. The summed E-state index contributed by atoms with van der Waals surface area (Å²) in [4.78, 5) is 24.8. The second-order valence-corrected chi connectivity index (χ2v) is 5.56. The molecule has 1 fully saturated rings. The monoisotopic (exact) mass is 295 g/mol. The Kier molecular flexibility index (Phi) is 3.47. The van der Waals surface area contributed by atoms with Crippen molar-refractivity contribution in [3.05, 3.63) is 35.1 Å². The molecule has 1 aliphatic rings. The molecule has 1 aromatic rings. The van der Waals surface area contributed by atoms with Crippen LogP contribution >= 0.6 is 12.2 Å². The lowest BCUT2D eigenvalue weighted by molar-refractivity contribution is -0.130. The van der Waals surface area contributed by atoms with E-state index in [1.54, 1.807) is 19.9 Å². The molecule has 106 valence electrons. The van der Waals surface area contributed by atoms with Crippen molar-refractivity contribution in [2.24, 2.45) is 5.73 Å². The zero-order chi connectivity index (χ0) is 15.1. The van der Waals surface area contributed by atoms with Crippen LogP contribution in [0.4, 0.5) is 9.18 Å². The molecule has 0 aromatic heterocycles. The Morgan fingerprint density at radius 2 is 2.10 bits per heavy atom. The highest BCUT2D eigenvalue weighted by molar-refractivity contribution is 7.80. The number of hydrogen-bond donors (Lipinski definition) is 2. The molecular formula is C13H14FN3O2S. The van der Waals surface area contributed by atoms with Crippen molar-refractivity contribution in [2.45, 2.75) is 25.9 Å². The van der Waals surface area contributed by atoms with Crippen molar-refractivity contribution in [3.63, 3.8) is 0 Å². The van der Waals surface area contributed by atoms with Crippen LogP contribution in [0.15, 0.2) is 18.2 Å². The first-order chi connectivity index (χ1) is 9.22. The SMILES string of the molecule is CC1(C)NC(=O)N(Cc2ccc(C(N)=S)cc2F)C1=O. The Balaban J connectivity index is 2.25. The first-order valence-corrected chi connectivity index (χ1v) is 6.35. The van der Waals surface area contributed by atoms with Gasteiger partial charge in [-0.2, -0.15) is 0 Å². The summed E-state index contributed by atoms with van der Waals surface area (Å²) in [6.07, 6.45) is 0. The van der Waals surface area contributed by atoms with Crippen molar-refractivity contribution in [1.29, 1.82) is 0 Å². The van der Waals surface area contributed by atoms with Crippen LogP contribution < -0.4 is 11.1 Å². The maximum atomic E-state index is 13.9. The molecule has 0 radical (unpaired) electrons. The van der Waals surface area contributed by atoms with Gasteiger partial charge in [0.05, 0.1) is 6.54 Å². The van der Waals surface area contributed by atoms with Gasteiger partial charge in [-0.15, -0.1) is 0 Å². The smallest absolute Gasteiger partial charge is 0.325 e. The number of nitrogens with zero attached hydrogens (tertiary/aromatic N) is 1. The molecule has 3 amide bonds. The molecule has 1 saturated heterocycles. The average Bonchev–Trinajstić information content (AvgIpc) is 2.53. The van der Waals surface area contributed by atoms with Crippen LogP contribution in [0.25, 0.3) is 0 Å². The molecule has 0 spiro atoms. The molecule has 5 nitrogen and oxygen atoms in total. The van der Waals surface area contributed by atoms with Gasteiger partial charge in [0, 0.05) is 11.1 Å². The number of amides is 3. The number of urea groups is 1. The zero-order valence-electron chi connectivity index (χ0n) is 11.1. The molecule has 7 heteroatoms. The summed E-state index contributed by atoms with van der Waals surface area (Å²) < 4.78 is 13.9. The van der Waals surface area contributed by atoms with Crippen LogP contribution in [-0.4, -0.2) is 27.4 Å². The molecule has 0 unspecified atom stereocenters. The van der Waals surface area contributed by atoms with Crippen LogP contribution in [-0.2, 0) is 11.3 Å². The van der Waals surface area contributed by atoms with Crippen molar-refractivity contribution in [1.82, 2.24) is 10.2 Å². The number of nitrogens with one attached hydrogen (secondary N) is 1. The van der Waals surface area contributed by atoms with Gasteiger partial charge in [0.25, 0.3) is 5.91 Å². The van der Waals surface area contributed by atoms with Gasteiger partial charge >= 0.3 is 6.03 Å². The molecule has 0 atom stereocenters. The summed E-state index contributed by atoms with van der Waals surface area (Å²) in [7, 11) is 0. The van der Waals surface area contributed by atoms with E-state index in [0.29, 0.717) is 5.56 Å². The van der Waals surface area contributed by atoms with Crippen molar-refractivity contribution in [3.8, 4) is 0 Å². The molecule has 2 rings (SSSR count). The standard InChI is InChI=1S/C13H14FN3O2S/c1-13(2)11(18)17(12(19)16-13)6-8-4-3-7(10(15)20)5-9(8)14/h3-5H,6H2,1-2H3,(H2,15,20)(H,16,19). The predicted molar refractivity (Wildman–Crippen MR) is 75.4 cm³/mol. The Morgan fingerprint density at radius 3 is 2.55 bits per heavy atom. The Bertz CT molecular complexity index is 616. The summed E-state index contributed by atoms with van der Waals surface area (Å²) in [5, 5.41) is 2.54. The van der Waals surface area contributed by atoms with Crippen LogP contribution in [0.5, 0.6) is 0 Å². The Hall–Kier alpha value is -2.02. The molecule has 1 heterocycles. The lowest BCUT2D eigenvalue weighted by Crippen LogP contribution is -2.40. The van der Waals surface area contributed by atoms with Crippen molar-refractivity contribution >= 4 is 29.1 Å². The van der Waals surface area contributed by atoms with E-state index in [9.17, 15) is 14.0 Å². The van der Waals surface area contributed by atoms with E-state index in [2.05, 4.69) is 5.32 Å². The fourth-order valence-corrected chi connectivity index (χ4v) is 2.09. The second kappa shape index (κ2) is 4.82. The van der Waals surface area contributed by atoms with Crippen LogP contribution in [0.2, 0.25) is 0 Å². The molecule has 20 heavy (non-hydrogen) atoms. The van der Waals surface area contributed by atoms with Crippen LogP contribution in [0.1, 0.15) is 25.0 Å². The molecule has 1 aliphatic heterocycles. The molecule has 3 N–H and O–H groups in total. The van der Waals surface area contributed by atoms with Gasteiger partial charge in [0.1, 0.15) is 16.3 Å². The minimum Gasteiger partial charge on any atom is -0.389 e. The fourth-order valence-electron chi connectivity index (χ4n) is 1.96. The molecule has 0 aliphatic carbocycles. The largest absolute Gasteiger partial charge is 0.389 e. The summed E-state index contributed by atoms with van der Waals surface area (Å²) in [6.45, 7) is 3.07. The highest BCUT2D eigenvalue weighted by atomic mass is 32.1. The van der Waals surface area contributed by atoms with Gasteiger partial charge in [0.2, 0.25) is 0 Å². The maximum Gasteiger partial charge on any atom is 0.325 e. The highest BCUT2D eigenvalue weighted by Gasteiger charge is 2.44. The highest BCUT2D eigenvalue weighted by Crippen LogP contribution is 2.21. The molecule has 1 aromatic carbocycles. The first-order valence-electron chi connectivity index (χ1n) is 5.95. The summed E-state index contributed by atoms with van der Waals surface area (Å²) in [6, 6.07) is 3.69. The Labute approximate surface area is 120 Å². The van der Waals surface area contributed by atoms with E-state index in [-0.39, 0.29) is 23.0 Å². The topological polar surface area (TPSA) is 75.4 Å².